The van der Waals surface area contributed by atoms with Crippen LogP contribution in [0.4, 0.5) is 10.1 Å². The average Bonchev–Trinajstić information content (AvgIpc) is 2.77. The summed E-state index contributed by atoms with van der Waals surface area (Å²) in [5.41, 5.74) is 7.60. The molecule has 0 saturated carbocycles. The van der Waals surface area contributed by atoms with E-state index in [1.165, 1.54) is 12.1 Å². The van der Waals surface area contributed by atoms with E-state index in [9.17, 15) is 9.18 Å². The van der Waals surface area contributed by atoms with Crippen molar-refractivity contribution in [1.29, 1.82) is 0 Å². The fourth-order valence-electron chi connectivity index (χ4n) is 2.33. The van der Waals surface area contributed by atoms with E-state index < -0.39 is 6.04 Å². The maximum absolute atomic E-state index is 13.2. The highest BCUT2D eigenvalue weighted by Gasteiger charge is 2.28. The minimum Gasteiger partial charge on any atom is -0.320 e. The first-order valence-corrected chi connectivity index (χ1v) is 6.49. The first-order chi connectivity index (χ1) is 8.63. The average molecular weight is 250 g/mol. The summed E-state index contributed by atoms with van der Waals surface area (Å²) in [7, 11) is 0. The molecule has 1 heterocycles. The molecule has 0 bridgehead atoms. The van der Waals surface area contributed by atoms with Crippen LogP contribution in [-0.2, 0) is 11.2 Å². The van der Waals surface area contributed by atoms with E-state index in [-0.39, 0.29) is 11.7 Å². The molecular formula is C14H19FN2O. The molecule has 1 aliphatic rings. The molecule has 1 aromatic rings. The smallest absolute Gasteiger partial charge is 0.243 e. The first-order valence-electron chi connectivity index (χ1n) is 6.49. The van der Waals surface area contributed by atoms with Crippen LogP contribution in [0.3, 0.4) is 0 Å². The topological polar surface area (TPSA) is 46.3 Å². The quantitative estimate of drug-likeness (QED) is 0.890. The van der Waals surface area contributed by atoms with Gasteiger partial charge in [-0.2, -0.15) is 0 Å². The third-order valence-electron chi connectivity index (χ3n) is 3.39. The molecule has 3 nitrogen and oxygen atoms in total. The van der Waals surface area contributed by atoms with Crippen LogP contribution in [0.5, 0.6) is 0 Å². The van der Waals surface area contributed by atoms with Crippen LogP contribution in [0.15, 0.2) is 18.2 Å². The lowest BCUT2D eigenvalue weighted by Crippen LogP contribution is -2.43. The molecular weight excluding hydrogens is 231 g/mol. The second kappa shape index (κ2) is 5.48. The number of carbonyl (C=O) groups excluding carboxylic acids is 1. The SMILES string of the molecule is CCCC[C@H](N)C(=O)N1CCc2ccc(F)cc21. The minimum atomic E-state index is -0.473. The van der Waals surface area contributed by atoms with Crippen LogP contribution in [0, 0.1) is 5.82 Å². The predicted molar refractivity (Wildman–Crippen MR) is 70.0 cm³/mol. The number of benzene rings is 1. The molecule has 98 valence electrons. The van der Waals surface area contributed by atoms with Crippen molar-refractivity contribution in [1.82, 2.24) is 0 Å². The van der Waals surface area contributed by atoms with Crippen molar-refractivity contribution in [3.63, 3.8) is 0 Å². The zero-order valence-corrected chi connectivity index (χ0v) is 10.7. The zero-order valence-electron chi connectivity index (χ0n) is 10.7. The van der Waals surface area contributed by atoms with E-state index in [1.807, 2.05) is 0 Å². The van der Waals surface area contributed by atoms with Crippen LogP contribution < -0.4 is 10.6 Å². The van der Waals surface area contributed by atoms with Crippen LogP contribution in [0.2, 0.25) is 0 Å². The van der Waals surface area contributed by atoms with Gasteiger partial charge >= 0.3 is 0 Å². The summed E-state index contributed by atoms with van der Waals surface area (Å²) in [5.74, 6) is -0.400. The van der Waals surface area contributed by atoms with Crippen molar-refractivity contribution in [3.8, 4) is 0 Å². The highest BCUT2D eigenvalue weighted by molar-refractivity contribution is 5.98. The highest BCUT2D eigenvalue weighted by atomic mass is 19.1. The predicted octanol–water partition coefficient (Wildman–Crippen LogP) is 2.23. The number of rotatable bonds is 4. The normalized spacial score (nSPS) is 15.6. The van der Waals surface area contributed by atoms with E-state index in [2.05, 4.69) is 6.92 Å². The summed E-state index contributed by atoms with van der Waals surface area (Å²) in [6, 6.07) is 4.13. The second-order valence-electron chi connectivity index (χ2n) is 4.76. The lowest BCUT2D eigenvalue weighted by molar-refractivity contribution is -0.119. The maximum Gasteiger partial charge on any atom is 0.243 e. The van der Waals surface area contributed by atoms with Gasteiger partial charge in [0.2, 0.25) is 5.91 Å². The molecule has 2 rings (SSSR count). The van der Waals surface area contributed by atoms with Gasteiger partial charge in [0.1, 0.15) is 5.82 Å². The molecule has 4 heteroatoms. The summed E-state index contributed by atoms with van der Waals surface area (Å²) in [4.78, 5) is 13.8. The fourth-order valence-corrected chi connectivity index (χ4v) is 2.33. The Hall–Kier alpha value is -1.42. The van der Waals surface area contributed by atoms with Gasteiger partial charge in [0, 0.05) is 12.2 Å². The molecule has 1 aliphatic heterocycles. The van der Waals surface area contributed by atoms with E-state index in [1.54, 1.807) is 11.0 Å². The summed E-state index contributed by atoms with van der Waals surface area (Å²) >= 11 is 0. The number of nitrogens with two attached hydrogens (primary N) is 1. The molecule has 0 unspecified atom stereocenters. The van der Waals surface area contributed by atoms with Crippen molar-refractivity contribution in [2.75, 3.05) is 11.4 Å². The molecule has 0 spiro atoms. The third kappa shape index (κ3) is 2.53. The Balaban J connectivity index is 2.12. The summed E-state index contributed by atoms with van der Waals surface area (Å²) < 4.78 is 13.2. The third-order valence-corrected chi connectivity index (χ3v) is 3.39. The Morgan fingerprint density at radius 2 is 2.33 bits per heavy atom. The zero-order chi connectivity index (χ0) is 13.1. The Labute approximate surface area is 107 Å². The van der Waals surface area contributed by atoms with Gasteiger partial charge in [0.15, 0.2) is 0 Å². The number of fused-ring (bicyclic) bond motifs is 1. The van der Waals surface area contributed by atoms with E-state index in [0.717, 1.165) is 24.8 Å². The Morgan fingerprint density at radius 3 is 3.06 bits per heavy atom. The number of amides is 1. The number of carbonyl (C=O) groups is 1. The lowest BCUT2D eigenvalue weighted by Gasteiger charge is -2.21. The van der Waals surface area contributed by atoms with Crippen LogP contribution in [0.25, 0.3) is 0 Å². The molecule has 0 aromatic heterocycles. The largest absolute Gasteiger partial charge is 0.320 e. The monoisotopic (exact) mass is 250 g/mol. The Bertz CT molecular complexity index is 447. The number of nitrogens with zero attached hydrogens (tertiary/aromatic N) is 1. The van der Waals surface area contributed by atoms with E-state index in [0.29, 0.717) is 18.7 Å². The molecule has 0 saturated heterocycles. The fraction of sp³-hybridized carbons (Fsp3) is 0.500. The van der Waals surface area contributed by atoms with Gasteiger partial charge in [0.05, 0.1) is 6.04 Å². The number of hydrogen-bond acceptors (Lipinski definition) is 2. The van der Waals surface area contributed by atoms with Crippen LogP contribution >= 0.6 is 0 Å². The molecule has 0 aliphatic carbocycles. The summed E-state index contributed by atoms with van der Waals surface area (Å²) in [5, 5.41) is 0. The van der Waals surface area contributed by atoms with Crippen LogP contribution in [0.1, 0.15) is 31.7 Å². The van der Waals surface area contributed by atoms with Crippen molar-refractivity contribution in [2.24, 2.45) is 5.73 Å². The standard InChI is InChI=1S/C14H19FN2O/c1-2-3-4-12(16)14(18)17-8-7-10-5-6-11(15)9-13(10)17/h5-6,9,12H,2-4,7-8,16H2,1H3/t12-/m0/s1. The maximum atomic E-state index is 13.2. The second-order valence-corrected chi connectivity index (χ2v) is 4.76. The molecule has 18 heavy (non-hydrogen) atoms. The van der Waals surface area contributed by atoms with Gasteiger partial charge in [-0.15, -0.1) is 0 Å². The number of anilines is 1. The molecule has 1 aromatic carbocycles. The van der Waals surface area contributed by atoms with Gasteiger partial charge in [-0.05, 0) is 30.5 Å². The van der Waals surface area contributed by atoms with Gasteiger partial charge in [0.25, 0.3) is 0 Å². The van der Waals surface area contributed by atoms with Crippen molar-refractivity contribution in [2.45, 2.75) is 38.6 Å². The van der Waals surface area contributed by atoms with Gasteiger partial charge in [-0.3, -0.25) is 4.79 Å². The van der Waals surface area contributed by atoms with Gasteiger partial charge in [-0.1, -0.05) is 25.8 Å². The molecule has 1 amide bonds. The lowest BCUT2D eigenvalue weighted by atomic mass is 10.1. The summed E-state index contributed by atoms with van der Waals surface area (Å²) in [6.07, 6.45) is 3.43. The van der Waals surface area contributed by atoms with Gasteiger partial charge < -0.3 is 10.6 Å². The van der Waals surface area contributed by atoms with Crippen molar-refractivity contribution < 1.29 is 9.18 Å². The van der Waals surface area contributed by atoms with Gasteiger partial charge in [-0.25, -0.2) is 4.39 Å². The van der Waals surface area contributed by atoms with Crippen molar-refractivity contribution in [3.05, 3.63) is 29.6 Å². The molecule has 0 fully saturated rings. The Morgan fingerprint density at radius 1 is 1.56 bits per heavy atom. The number of unbranched alkanes of at least 4 members (excludes halogenated alkanes) is 1. The van der Waals surface area contributed by atoms with Crippen LogP contribution in [-0.4, -0.2) is 18.5 Å². The van der Waals surface area contributed by atoms with Crippen molar-refractivity contribution >= 4 is 11.6 Å². The number of hydrogen-bond donors (Lipinski definition) is 1. The first kappa shape index (κ1) is 13.0. The summed E-state index contributed by atoms with van der Waals surface area (Å²) in [6.45, 7) is 2.68. The number of halogens is 1. The highest BCUT2D eigenvalue weighted by Crippen LogP contribution is 2.29. The van der Waals surface area contributed by atoms with E-state index in [4.69, 9.17) is 5.73 Å². The van der Waals surface area contributed by atoms with E-state index >= 15 is 0 Å². The Kier molecular flexibility index (Phi) is 3.97. The minimum absolute atomic E-state index is 0.0900. The molecule has 1 atom stereocenters. The molecule has 2 N–H and O–H groups in total. The molecule has 0 radical (unpaired) electrons.